The lowest BCUT2D eigenvalue weighted by atomic mass is 9.90. The lowest BCUT2D eigenvalue weighted by Gasteiger charge is -2.33. The number of primary amides is 1. The van der Waals surface area contributed by atoms with Crippen LogP contribution in [-0.4, -0.2) is 136 Å². The van der Waals surface area contributed by atoms with E-state index in [1.807, 2.05) is 13.0 Å². The molecule has 4 aliphatic carbocycles. The summed E-state index contributed by atoms with van der Waals surface area (Å²) in [6.45, 7) is 24.6. The van der Waals surface area contributed by atoms with E-state index in [4.69, 9.17) is 61.8 Å². The second-order valence-electron chi connectivity index (χ2n) is 32.3. The molecular weight excluding hydrogens is 1590 g/mol. The molecule has 120 heavy (non-hydrogen) atoms. The number of nitrogen functional groups attached to an aromatic ring is 1. The Labute approximate surface area is 697 Å². The standard InChI is InChI=1S/C21H29FN6O4.C21H27FN6O3.C17H22ClFN4O2.C17H22FN5O2.C4H6N2O/c1-11-9-16(32-28-11)26-18-12(17(23)29)10-13(22)19(27-18)24-14-7-5-6-8-15(14)25-20(30)31-21(2,3)4;1-12-9-17(31-28-12)26-18-13(11-23)10-14(22)19(27-18)24-15-7-5-6-8-16(15)25-20(29)30-21(2,3)4;1-17(2,3)25-16(24)22-13-7-5-4-6-12(13)21-15-11(19)8-10(9-20)14(18)23-15;1-9-7-15(25-23-9)21-16-11(10(2)24)8-12(18)17(22-16)20-14-6-4-3-5-13(14)19;1-3-2-4(5)7-6-3/h9-10,14-15H,5-8H2,1-4H3,(H2,23,29)(H,25,30)(H2,24,26,27);9-10,15-16H,5-8H2,1-4H3,(H,25,29)(H2,24,26,27);8,12-13H,4-7H2,1-3H3,(H,21,23)(H,22,24);7-8,13-14H,3-6,19H2,1-2H3,(H2,20,21,22);2H,5H2,1H3/t14-,15+;15-,16+;12-,13+;13-,14+;/m1110./s1. The molecule has 648 valence electrons. The average molecular weight is 1690 g/mol. The number of aryl methyl sites for hydroxylation is 4. The number of ether oxygens (including phenoxy) is 3. The van der Waals surface area contributed by atoms with Gasteiger partial charge in [-0.1, -0.05) is 83.6 Å². The third kappa shape index (κ3) is 29.4. The Morgan fingerprint density at radius 2 is 0.742 bits per heavy atom. The summed E-state index contributed by atoms with van der Waals surface area (Å²) in [5.74, 6) is -2.17. The minimum Gasteiger partial charge on any atom is -0.444 e. The number of ketones is 1. The number of amides is 4. The van der Waals surface area contributed by atoms with Crippen LogP contribution in [0.5, 0.6) is 0 Å². The molecule has 8 heterocycles. The molecule has 0 spiro atoms. The first kappa shape index (κ1) is 93.2. The number of aromatic nitrogens is 8. The molecule has 8 aromatic heterocycles. The Balaban J connectivity index is 0.000000194. The van der Waals surface area contributed by atoms with E-state index in [1.165, 1.54) is 13.0 Å². The third-order valence-corrected chi connectivity index (χ3v) is 18.8. The topological polar surface area (TPSA) is 515 Å². The number of rotatable bonds is 19. The fraction of sp³-hybridized carbons (Fsp3) is 0.512. The first-order valence-corrected chi connectivity index (χ1v) is 39.6. The van der Waals surface area contributed by atoms with Gasteiger partial charge in [-0.3, -0.25) is 9.59 Å². The van der Waals surface area contributed by atoms with Crippen LogP contribution in [0.4, 0.5) is 96.2 Å². The molecule has 35 nitrogen and oxygen atoms in total. The maximum Gasteiger partial charge on any atom is 0.407 e. The molecular formula is C80H106ClF4N23O12. The van der Waals surface area contributed by atoms with Crippen molar-refractivity contribution in [1.82, 2.24) is 56.5 Å². The Morgan fingerprint density at radius 3 is 1.07 bits per heavy atom. The molecule has 0 unspecified atom stereocenters. The van der Waals surface area contributed by atoms with E-state index >= 15 is 0 Å². The lowest BCUT2D eigenvalue weighted by molar-refractivity contribution is 0.0477. The molecule has 0 bridgehead atoms. The molecule has 4 aliphatic rings. The van der Waals surface area contributed by atoms with E-state index in [-0.39, 0.29) is 128 Å². The number of alkyl carbamates (subject to hydrolysis) is 3. The number of nitrogens with two attached hydrogens (primary N) is 3. The van der Waals surface area contributed by atoms with Gasteiger partial charge in [-0.2, -0.15) is 10.5 Å². The number of Topliss-reactive ketones (excluding diaryl/α,β-unsaturated/α-hetero) is 1. The number of hydrogen-bond donors (Lipinski definition) is 13. The van der Waals surface area contributed by atoms with Crippen molar-refractivity contribution in [1.29, 1.82) is 10.5 Å². The number of nitrogens with one attached hydrogen (secondary N) is 10. The number of carbonyl (C=O) groups is 5. The second kappa shape index (κ2) is 42.4. The smallest absolute Gasteiger partial charge is 0.407 e. The van der Waals surface area contributed by atoms with Gasteiger partial charge in [-0.05, 0) is 173 Å². The van der Waals surface area contributed by atoms with Gasteiger partial charge in [-0.15, -0.1) is 0 Å². The molecule has 40 heteroatoms. The summed E-state index contributed by atoms with van der Waals surface area (Å²) >= 11 is 5.88. The molecule has 8 atom stereocenters. The van der Waals surface area contributed by atoms with E-state index in [1.54, 1.807) is 113 Å². The molecule has 12 rings (SSSR count). The van der Waals surface area contributed by atoms with Crippen molar-refractivity contribution in [2.75, 3.05) is 43.0 Å². The monoisotopic (exact) mass is 1690 g/mol. The third-order valence-electron chi connectivity index (χ3n) is 18.5. The largest absolute Gasteiger partial charge is 0.444 e. The Morgan fingerprint density at radius 1 is 0.433 bits per heavy atom. The number of halogens is 5. The van der Waals surface area contributed by atoms with Crippen molar-refractivity contribution in [3.05, 3.63) is 122 Å². The quantitative estimate of drug-likeness (QED) is 0.0155. The van der Waals surface area contributed by atoms with Crippen LogP contribution in [0.1, 0.15) is 227 Å². The minimum atomic E-state index is -0.844. The minimum absolute atomic E-state index is 0.0133. The van der Waals surface area contributed by atoms with Crippen molar-refractivity contribution in [3.8, 4) is 12.1 Å². The van der Waals surface area contributed by atoms with Gasteiger partial charge in [-0.25, -0.2) is 51.9 Å². The number of pyridine rings is 4. The zero-order chi connectivity index (χ0) is 87.9. The fourth-order valence-corrected chi connectivity index (χ4v) is 13.3. The number of nitriles is 2. The zero-order valence-electron chi connectivity index (χ0n) is 69.5. The van der Waals surface area contributed by atoms with Gasteiger partial charge in [0.1, 0.15) is 45.7 Å². The molecule has 4 fully saturated rings. The first-order chi connectivity index (χ1) is 56.6. The van der Waals surface area contributed by atoms with Crippen molar-refractivity contribution in [2.45, 2.75) is 265 Å². The molecule has 0 aromatic carbocycles. The molecule has 16 N–H and O–H groups in total. The first-order valence-electron chi connectivity index (χ1n) is 39.3. The maximum atomic E-state index is 14.8. The number of anilines is 11. The highest BCUT2D eigenvalue weighted by atomic mass is 35.5. The molecule has 0 aliphatic heterocycles. The van der Waals surface area contributed by atoms with Crippen molar-refractivity contribution in [2.24, 2.45) is 11.5 Å². The highest BCUT2D eigenvalue weighted by Gasteiger charge is 2.35. The lowest BCUT2D eigenvalue weighted by Crippen LogP contribution is -2.50. The summed E-state index contributed by atoms with van der Waals surface area (Å²) in [5, 5.41) is 62.4. The molecule has 8 aromatic rings. The van der Waals surface area contributed by atoms with Crippen LogP contribution in [-0.2, 0) is 14.2 Å². The van der Waals surface area contributed by atoms with Crippen LogP contribution >= 0.6 is 11.6 Å². The van der Waals surface area contributed by atoms with E-state index in [2.05, 4.69) is 98.3 Å². The predicted octanol–water partition coefficient (Wildman–Crippen LogP) is 15.7. The highest BCUT2D eigenvalue weighted by molar-refractivity contribution is 6.30. The summed E-state index contributed by atoms with van der Waals surface area (Å²) in [6, 6.07) is 13.1. The molecule has 0 radical (unpaired) electrons. The second-order valence-corrected chi connectivity index (χ2v) is 32.6. The van der Waals surface area contributed by atoms with E-state index < -0.39 is 64.3 Å². The Bertz CT molecular complexity index is 4900. The van der Waals surface area contributed by atoms with E-state index in [0.717, 1.165) is 114 Å². The Hall–Kier alpha value is -12.3. The maximum absolute atomic E-state index is 14.8. The molecule has 0 saturated heterocycles. The summed E-state index contributed by atoms with van der Waals surface area (Å²) in [4.78, 5) is 76.8. The van der Waals surface area contributed by atoms with Crippen LogP contribution in [0, 0.1) is 73.6 Å². The van der Waals surface area contributed by atoms with Gasteiger partial charge in [0.15, 0.2) is 58.1 Å². The molecule has 4 saturated carbocycles. The summed E-state index contributed by atoms with van der Waals surface area (Å²) in [6.07, 6.45) is 12.3. The van der Waals surface area contributed by atoms with Gasteiger partial charge in [0, 0.05) is 54.5 Å². The van der Waals surface area contributed by atoms with Gasteiger partial charge in [0.2, 0.25) is 23.5 Å². The van der Waals surface area contributed by atoms with Crippen LogP contribution in [0.15, 0.2) is 66.6 Å². The van der Waals surface area contributed by atoms with Gasteiger partial charge < -0.3 is 103 Å². The van der Waals surface area contributed by atoms with E-state index in [0.29, 0.717) is 47.6 Å². The van der Waals surface area contributed by atoms with Crippen LogP contribution in [0.25, 0.3) is 0 Å². The van der Waals surface area contributed by atoms with Crippen molar-refractivity contribution in [3.63, 3.8) is 0 Å². The van der Waals surface area contributed by atoms with E-state index in [9.17, 15) is 46.8 Å². The number of carbonyl (C=O) groups excluding carboxylic acids is 5. The molecule has 4 amide bonds. The summed E-state index contributed by atoms with van der Waals surface area (Å²) in [7, 11) is 0. The summed E-state index contributed by atoms with van der Waals surface area (Å²) in [5.41, 5.74) is 17.6. The van der Waals surface area contributed by atoms with Crippen molar-refractivity contribution >= 4 is 106 Å². The number of nitrogens with zero attached hydrogens (tertiary/aromatic N) is 10. The van der Waals surface area contributed by atoms with Gasteiger partial charge in [0.05, 0.1) is 63.2 Å². The summed E-state index contributed by atoms with van der Waals surface area (Å²) < 4.78 is 93.8. The predicted molar refractivity (Wildman–Crippen MR) is 440 cm³/mol. The Kier molecular flexibility index (Phi) is 33.0. The van der Waals surface area contributed by atoms with Gasteiger partial charge >= 0.3 is 18.3 Å². The van der Waals surface area contributed by atoms with Crippen LogP contribution in [0.3, 0.4) is 0 Å². The fourth-order valence-electron chi connectivity index (χ4n) is 13.1. The van der Waals surface area contributed by atoms with Crippen LogP contribution < -0.4 is 70.4 Å². The zero-order valence-corrected chi connectivity index (χ0v) is 70.3. The normalized spacial score (nSPS) is 18.9. The van der Waals surface area contributed by atoms with Crippen molar-refractivity contribution < 1.29 is 73.8 Å². The number of hydrogen-bond acceptors (Lipinski definition) is 31. The SMILES string of the molecule is CC(=O)c1cc(F)c(N[C@@H]2CCCC[C@@H]2N)nc1Nc1cc(C)no1.CC(C)(C)OC(=O)N[C@H]1CCCC[C@H]1Nc1nc(Cl)c(C#N)cc1F.Cc1cc(N)on1.Cc1cc(Nc2nc(N[C@@H]3CCCC[C@@H]3NC(=O)OC(C)(C)C)c(F)cc2C#N)on1.Cc1cc(Nc2nc(N[C@@H]3CCCC[C@@H]3NC(=O)OC(C)(C)C)c(F)cc2C(N)=O)on1. The highest BCUT2D eigenvalue weighted by Crippen LogP contribution is 2.34. The van der Waals surface area contributed by atoms with Crippen LogP contribution in [0.2, 0.25) is 5.15 Å². The average Bonchev–Trinajstić information content (AvgIpc) is 1.18. The van der Waals surface area contributed by atoms with Gasteiger partial charge in [0.25, 0.3) is 5.91 Å².